The van der Waals surface area contributed by atoms with E-state index < -0.39 is 10.0 Å². The van der Waals surface area contributed by atoms with Gasteiger partial charge in [0.05, 0.1) is 4.90 Å². The summed E-state index contributed by atoms with van der Waals surface area (Å²) in [6.07, 6.45) is 4.02. The van der Waals surface area contributed by atoms with Crippen LogP contribution in [0.3, 0.4) is 0 Å². The molecule has 2 aliphatic rings. The summed E-state index contributed by atoms with van der Waals surface area (Å²) in [6.45, 7) is 6.16. The molecular weight excluding hydrogens is 362 g/mol. The Labute approximate surface area is 160 Å². The molecule has 27 heavy (non-hydrogen) atoms. The molecular formula is C19H25N5O2S. The van der Waals surface area contributed by atoms with Crippen molar-refractivity contribution in [2.24, 2.45) is 0 Å². The van der Waals surface area contributed by atoms with E-state index in [0.29, 0.717) is 31.1 Å². The van der Waals surface area contributed by atoms with Crippen molar-refractivity contribution in [1.82, 2.24) is 14.3 Å². The highest BCUT2D eigenvalue weighted by molar-refractivity contribution is 7.89. The number of hydrogen-bond donors (Lipinski definition) is 0. The van der Waals surface area contributed by atoms with Gasteiger partial charge in [0.1, 0.15) is 18.0 Å². The molecule has 0 radical (unpaired) electrons. The number of nitrogens with zero attached hydrogens (tertiary/aromatic N) is 5. The third kappa shape index (κ3) is 3.77. The van der Waals surface area contributed by atoms with Gasteiger partial charge in [-0.15, -0.1) is 0 Å². The van der Waals surface area contributed by atoms with Gasteiger partial charge in [0.15, 0.2) is 0 Å². The number of piperazine rings is 1. The molecule has 0 saturated carbocycles. The first-order chi connectivity index (χ1) is 13.0. The maximum absolute atomic E-state index is 12.9. The maximum Gasteiger partial charge on any atom is 0.243 e. The Kier molecular flexibility index (Phi) is 5.01. The van der Waals surface area contributed by atoms with Crippen molar-refractivity contribution in [2.45, 2.75) is 24.7 Å². The molecule has 0 spiro atoms. The number of sulfonamides is 1. The van der Waals surface area contributed by atoms with E-state index in [1.54, 1.807) is 28.8 Å². The molecule has 8 heteroatoms. The van der Waals surface area contributed by atoms with Gasteiger partial charge in [-0.1, -0.05) is 12.1 Å². The average Bonchev–Trinajstić information content (AvgIpc) is 3.23. The van der Waals surface area contributed by atoms with Crippen LogP contribution in [0.5, 0.6) is 0 Å². The minimum Gasteiger partial charge on any atom is -0.356 e. The number of hydrogen-bond acceptors (Lipinski definition) is 6. The number of rotatable bonds is 4. The monoisotopic (exact) mass is 387 g/mol. The number of benzene rings is 1. The summed E-state index contributed by atoms with van der Waals surface area (Å²) in [7, 11) is -3.45. The highest BCUT2D eigenvalue weighted by Crippen LogP contribution is 2.24. The highest BCUT2D eigenvalue weighted by Gasteiger charge is 2.29. The second-order valence-electron chi connectivity index (χ2n) is 7.14. The molecule has 1 aromatic heterocycles. The topological polar surface area (TPSA) is 69.6 Å². The first-order valence-corrected chi connectivity index (χ1v) is 10.9. The Morgan fingerprint density at radius 3 is 2.11 bits per heavy atom. The van der Waals surface area contributed by atoms with Gasteiger partial charge in [0.25, 0.3) is 0 Å². The molecule has 2 aromatic rings. The first kappa shape index (κ1) is 18.2. The number of aromatic nitrogens is 2. The van der Waals surface area contributed by atoms with Gasteiger partial charge in [-0.3, -0.25) is 0 Å². The predicted octanol–water partition coefficient (Wildman–Crippen LogP) is 1.90. The van der Waals surface area contributed by atoms with Gasteiger partial charge in [-0.05, 0) is 37.5 Å². The van der Waals surface area contributed by atoms with Gasteiger partial charge in [0.2, 0.25) is 10.0 Å². The average molecular weight is 388 g/mol. The van der Waals surface area contributed by atoms with E-state index in [-0.39, 0.29) is 0 Å². The molecule has 1 aromatic carbocycles. The van der Waals surface area contributed by atoms with Gasteiger partial charge in [-0.25, -0.2) is 18.4 Å². The summed E-state index contributed by atoms with van der Waals surface area (Å²) in [5.41, 5.74) is 0.949. The molecule has 0 bridgehead atoms. The van der Waals surface area contributed by atoms with Gasteiger partial charge >= 0.3 is 0 Å². The third-order valence-electron chi connectivity index (χ3n) is 5.26. The van der Waals surface area contributed by atoms with Crippen LogP contribution in [0.1, 0.15) is 18.4 Å². The lowest BCUT2D eigenvalue weighted by atomic mass is 10.2. The smallest absolute Gasteiger partial charge is 0.243 e. The Bertz CT molecular complexity index is 904. The Hall–Kier alpha value is -2.19. The van der Waals surface area contributed by atoms with E-state index >= 15 is 0 Å². The standard InChI is InChI=1S/C19H25N5O2S/c1-16-5-4-6-17(13-16)27(25,26)24-11-9-23(10-12-24)19-14-18(20-15-21-19)22-7-2-3-8-22/h4-6,13-15H,2-3,7-12H2,1H3. The predicted molar refractivity (Wildman–Crippen MR) is 106 cm³/mol. The van der Waals surface area contributed by atoms with E-state index in [4.69, 9.17) is 0 Å². The van der Waals surface area contributed by atoms with Crippen molar-refractivity contribution in [3.8, 4) is 0 Å². The Morgan fingerprint density at radius 1 is 0.852 bits per heavy atom. The molecule has 0 amide bonds. The fraction of sp³-hybridized carbons (Fsp3) is 0.474. The molecule has 3 heterocycles. The minimum atomic E-state index is -3.45. The zero-order valence-electron chi connectivity index (χ0n) is 15.6. The second kappa shape index (κ2) is 7.44. The molecule has 4 rings (SSSR count). The molecule has 2 fully saturated rings. The lowest BCUT2D eigenvalue weighted by Crippen LogP contribution is -2.49. The quantitative estimate of drug-likeness (QED) is 0.798. The third-order valence-corrected chi connectivity index (χ3v) is 7.15. The van der Waals surface area contributed by atoms with Crippen LogP contribution in [-0.4, -0.2) is 62.0 Å². The van der Waals surface area contributed by atoms with Crippen LogP contribution >= 0.6 is 0 Å². The van der Waals surface area contributed by atoms with E-state index in [1.165, 1.54) is 12.8 Å². The summed E-state index contributed by atoms with van der Waals surface area (Å²) >= 11 is 0. The van der Waals surface area contributed by atoms with Gasteiger partial charge in [0, 0.05) is 45.3 Å². The molecule has 0 atom stereocenters. The van der Waals surface area contributed by atoms with Gasteiger partial charge < -0.3 is 9.80 Å². The van der Waals surface area contributed by atoms with Crippen LogP contribution in [0.4, 0.5) is 11.6 Å². The largest absolute Gasteiger partial charge is 0.356 e. The Balaban J connectivity index is 1.45. The highest BCUT2D eigenvalue weighted by atomic mass is 32.2. The molecule has 0 N–H and O–H groups in total. The van der Waals surface area contributed by atoms with Crippen molar-refractivity contribution < 1.29 is 8.42 Å². The van der Waals surface area contributed by atoms with E-state index in [9.17, 15) is 8.42 Å². The van der Waals surface area contributed by atoms with Crippen LogP contribution < -0.4 is 9.80 Å². The van der Waals surface area contributed by atoms with E-state index in [1.807, 2.05) is 19.1 Å². The fourth-order valence-corrected chi connectivity index (χ4v) is 5.24. The number of aryl methyl sites for hydroxylation is 1. The maximum atomic E-state index is 12.9. The minimum absolute atomic E-state index is 0.370. The lowest BCUT2D eigenvalue weighted by molar-refractivity contribution is 0.383. The van der Waals surface area contributed by atoms with Crippen molar-refractivity contribution in [1.29, 1.82) is 0 Å². The molecule has 7 nitrogen and oxygen atoms in total. The van der Waals surface area contributed by atoms with Crippen LogP contribution in [0.2, 0.25) is 0 Å². The van der Waals surface area contributed by atoms with E-state index in [2.05, 4.69) is 19.8 Å². The zero-order chi connectivity index (χ0) is 18.9. The van der Waals surface area contributed by atoms with Crippen LogP contribution in [0.25, 0.3) is 0 Å². The van der Waals surface area contributed by atoms with Crippen molar-refractivity contribution in [3.63, 3.8) is 0 Å². The molecule has 2 aliphatic heterocycles. The Morgan fingerprint density at radius 2 is 1.48 bits per heavy atom. The molecule has 144 valence electrons. The van der Waals surface area contributed by atoms with Crippen LogP contribution in [-0.2, 0) is 10.0 Å². The summed E-state index contributed by atoms with van der Waals surface area (Å²) in [4.78, 5) is 13.6. The van der Waals surface area contributed by atoms with Crippen molar-refractivity contribution in [3.05, 3.63) is 42.2 Å². The summed E-state index contributed by atoms with van der Waals surface area (Å²) < 4.78 is 27.3. The summed E-state index contributed by atoms with van der Waals surface area (Å²) in [5.74, 6) is 1.84. The molecule has 0 aliphatic carbocycles. The summed E-state index contributed by atoms with van der Waals surface area (Å²) in [5, 5.41) is 0. The molecule has 2 saturated heterocycles. The van der Waals surface area contributed by atoms with Gasteiger partial charge in [-0.2, -0.15) is 4.31 Å². The van der Waals surface area contributed by atoms with Crippen molar-refractivity contribution in [2.75, 3.05) is 49.1 Å². The number of anilines is 2. The lowest BCUT2D eigenvalue weighted by Gasteiger charge is -2.35. The second-order valence-corrected chi connectivity index (χ2v) is 9.07. The fourth-order valence-electron chi connectivity index (χ4n) is 3.71. The summed E-state index contributed by atoms with van der Waals surface area (Å²) in [6, 6.07) is 9.12. The van der Waals surface area contributed by atoms with Crippen molar-refractivity contribution >= 4 is 21.7 Å². The molecule has 0 unspecified atom stereocenters. The zero-order valence-corrected chi connectivity index (χ0v) is 16.4. The van der Waals surface area contributed by atoms with Crippen LogP contribution in [0, 0.1) is 6.92 Å². The van der Waals surface area contributed by atoms with Crippen LogP contribution in [0.15, 0.2) is 41.6 Å². The van der Waals surface area contributed by atoms with E-state index in [0.717, 1.165) is 30.3 Å². The SMILES string of the molecule is Cc1cccc(S(=O)(=O)N2CCN(c3cc(N4CCCC4)ncn3)CC2)c1. The first-order valence-electron chi connectivity index (χ1n) is 9.43. The normalized spacial score (nSPS) is 18.9.